The summed E-state index contributed by atoms with van der Waals surface area (Å²) in [6.07, 6.45) is 2.20. The van der Waals surface area contributed by atoms with Crippen LogP contribution >= 0.6 is 0 Å². The minimum Gasteiger partial charge on any atom is -0.379 e. The van der Waals surface area contributed by atoms with Crippen LogP contribution in [-0.4, -0.2) is 72.8 Å². The number of rotatable bonds is 12. The number of para-hydroxylation sites is 1. The van der Waals surface area contributed by atoms with Gasteiger partial charge in [-0.3, -0.25) is 4.99 Å². The molecule has 0 atom stereocenters. The van der Waals surface area contributed by atoms with E-state index < -0.39 is 9.84 Å². The Morgan fingerprint density at radius 1 is 1.15 bits per heavy atom. The number of ether oxygens (including phenoxy) is 1. The highest BCUT2D eigenvalue weighted by Gasteiger charge is 2.04. The first-order valence-corrected chi connectivity index (χ1v) is 11.0. The molecule has 7 nitrogen and oxygen atoms in total. The van der Waals surface area contributed by atoms with Crippen LogP contribution in [0.5, 0.6) is 0 Å². The van der Waals surface area contributed by atoms with Crippen molar-refractivity contribution in [2.75, 3.05) is 63.3 Å². The molecule has 0 aliphatic carbocycles. The van der Waals surface area contributed by atoms with E-state index in [1.54, 1.807) is 7.05 Å². The first-order valence-electron chi connectivity index (χ1n) is 8.96. The molecular weight excluding hydrogens is 352 g/mol. The zero-order valence-electron chi connectivity index (χ0n) is 16.1. The molecule has 0 aromatic heterocycles. The van der Waals surface area contributed by atoms with Gasteiger partial charge in [-0.25, -0.2) is 8.42 Å². The molecule has 0 saturated heterocycles. The molecule has 1 aromatic rings. The van der Waals surface area contributed by atoms with E-state index in [2.05, 4.69) is 51.7 Å². The fourth-order valence-electron chi connectivity index (χ4n) is 2.36. The van der Waals surface area contributed by atoms with Gasteiger partial charge >= 0.3 is 0 Å². The SMILES string of the molecule is CCN(CCCNC(=NC)NCCOCCS(C)(=O)=O)c1ccccc1. The average Bonchev–Trinajstić information content (AvgIpc) is 2.62. The highest BCUT2D eigenvalue weighted by molar-refractivity contribution is 7.90. The first-order chi connectivity index (χ1) is 12.5. The van der Waals surface area contributed by atoms with E-state index in [0.717, 1.165) is 32.0 Å². The second-order valence-corrected chi connectivity index (χ2v) is 8.20. The van der Waals surface area contributed by atoms with E-state index in [-0.39, 0.29) is 12.4 Å². The van der Waals surface area contributed by atoms with Gasteiger partial charge in [-0.1, -0.05) is 18.2 Å². The summed E-state index contributed by atoms with van der Waals surface area (Å²) in [6, 6.07) is 10.4. The van der Waals surface area contributed by atoms with E-state index >= 15 is 0 Å². The van der Waals surface area contributed by atoms with Crippen molar-refractivity contribution in [3.63, 3.8) is 0 Å². The van der Waals surface area contributed by atoms with Crippen LogP contribution in [0, 0.1) is 0 Å². The predicted molar refractivity (Wildman–Crippen MR) is 109 cm³/mol. The Balaban J connectivity index is 2.16. The van der Waals surface area contributed by atoms with Crippen LogP contribution in [0.4, 0.5) is 5.69 Å². The molecule has 148 valence electrons. The zero-order valence-corrected chi connectivity index (χ0v) is 16.9. The van der Waals surface area contributed by atoms with Crippen LogP contribution in [0.25, 0.3) is 0 Å². The molecule has 26 heavy (non-hydrogen) atoms. The van der Waals surface area contributed by atoms with Gasteiger partial charge in [0.15, 0.2) is 5.96 Å². The zero-order chi connectivity index (χ0) is 19.3. The van der Waals surface area contributed by atoms with Gasteiger partial charge in [0.05, 0.1) is 19.0 Å². The summed E-state index contributed by atoms with van der Waals surface area (Å²) >= 11 is 0. The standard InChI is InChI=1S/C18H32N4O3S/c1-4-22(17-9-6-5-7-10-17)13-8-11-20-18(19-2)21-12-14-25-15-16-26(3,23)24/h5-7,9-10H,4,8,11-16H2,1-3H3,(H2,19,20,21). The summed E-state index contributed by atoms with van der Waals surface area (Å²) in [4.78, 5) is 6.51. The number of anilines is 1. The number of hydrogen-bond donors (Lipinski definition) is 2. The largest absolute Gasteiger partial charge is 0.379 e. The van der Waals surface area contributed by atoms with E-state index in [4.69, 9.17) is 4.74 Å². The topological polar surface area (TPSA) is 83.0 Å². The molecule has 2 N–H and O–H groups in total. The van der Waals surface area contributed by atoms with Gasteiger partial charge < -0.3 is 20.3 Å². The van der Waals surface area contributed by atoms with Crippen LogP contribution in [0.15, 0.2) is 35.3 Å². The lowest BCUT2D eigenvalue weighted by Crippen LogP contribution is -2.40. The quantitative estimate of drug-likeness (QED) is 0.319. The summed E-state index contributed by atoms with van der Waals surface area (Å²) in [6.45, 7) is 6.16. The van der Waals surface area contributed by atoms with Crippen molar-refractivity contribution in [1.29, 1.82) is 0 Å². The number of aliphatic imine (C=N–C) groups is 1. The van der Waals surface area contributed by atoms with Gasteiger partial charge in [-0.15, -0.1) is 0 Å². The third kappa shape index (κ3) is 10.2. The van der Waals surface area contributed by atoms with Crippen molar-refractivity contribution in [2.24, 2.45) is 4.99 Å². The Morgan fingerprint density at radius 2 is 1.85 bits per heavy atom. The van der Waals surface area contributed by atoms with Gasteiger partial charge in [0.2, 0.25) is 0 Å². The Kier molecular flexibility index (Phi) is 10.7. The Bertz CT molecular complexity index is 621. The molecule has 0 bridgehead atoms. The minimum atomic E-state index is -2.96. The van der Waals surface area contributed by atoms with Crippen LogP contribution in [0.3, 0.4) is 0 Å². The number of nitrogens with zero attached hydrogens (tertiary/aromatic N) is 2. The third-order valence-electron chi connectivity index (χ3n) is 3.76. The number of nitrogens with one attached hydrogen (secondary N) is 2. The van der Waals surface area contributed by atoms with Crippen LogP contribution in [0.2, 0.25) is 0 Å². The fourth-order valence-corrected chi connectivity index (χ4v) is 2.78. The lowest BCUT2D eigenvalue weighted by molar-refractivity contribution is 0.154. The van der Waals surface area contributed by atoms with Crippen LogP contribution in [-0.2, 0) is 14.6 Å². The maximum absolute atomic E-state index is 11.0. The molecule has 0 unspecified atom stereocenters. The molecular formula is C18H32N4O3S. The van der Waals surface area contributed by atoms with Gasteiger partial charge in [-0.05, 0) is 25.5 Å². The highest BCUT2D eigenvalue weighted by Crippen LogP contribution is 2.12. The van der Waals surface area contributed by atoms with Gasteiger partial charge in [0, 0.05) is 45.2 Å². The van der Waals surface area contributed by atoms with E-state index in [0.29, 0.717) is 13.2 Å². The fraction of sp³-hybridized carbons (Fsp3) is 0.611. The number of hydrogen-bond acceptors (Lipinski definition) is 5. The van der Waals surface area contributed by atoms with Crippen molar-refractivity contribution in [3.05, 3.63) is 30.3 Å². The molecule has 0 spiro atoms. The molecule has 0 aliphatic heterocycles. The smallest absolute Gasteiger partial charge is 0.191 e. The summed E-state index contributed by atoms with van der Waals surface area (Å²) < 4.78 is 27.3. The maximum Gasteiger partial charge on any atom is 0.191 e. The summed E-state index contributed by atoms with van der Waals surface area (Å²) in [5.74, 6) is 0.773. The Labute approximate surface area is 157 Å². The maximum atomic E-state index is 11.0. The molecule has 0 saturated carbocycles. The normalized spacial score (nSPS) is 12.0. The number of benzene rings is 1. The van der Waals surface area contributed by atoms with Crippen molar-refractivity contribution in [3.8, 4) is 0 Å². The van der Waals surface area contributed by atoms with E-state index in [1.165, 1.54) is 11.9 Å². The summed E-state index contributed by atoms with van der Waals surface area (Å²) in [5, 5.41) is 6.43. The molecule has 8 heteroatoms. The average molecular weight is 385 g/mol. The minimum absolute atomic E-state index is 0.0509. The van der Waals surface area contributed by atoms with Crippen molar-refractivity contribution in [2.45, 2.75) is 13.3 Å². The molecule has 0 heterocycles. The molecule has 0 aliphatic rings. The lowest BCUT2D eigenvalue weighted by Gasteiger charge is -2.23. The van der Waals surface area contributed by atoms with Gasteiger partial charge in [0.25, 0.3) is 0 Å². The Hall–Kier alpha value is -1.80. The van der Waals surface area contributed by atoms with Gasteiger partial charge in [0.1, 0.15) is 9.84 Å². The van der Waals surface area contributed by atoms with Crippen molar-refractivity contribution in [1.82, 2.24) is 10.6 Å². The molecule has 0 fully saturated rings. The highest BCUT2D eigenvalue weighted by atomic mass is 32.2. The first kappa shape index (κ1) is 22.2. The second-order valence-electron chi connectivity index (χ2n) is 5.94. The predicted octanol–water partition coefficient (Wildman–Crippen LogP) is 1.13. The monoisotopic (exact) mass is 384 g/mol. The Morgan fingerprint density at radius 3 is 2.46 bits per heavy atom. The van der Waals surface area contributed by atoms with Crippen molar-refractivity contribution >= 4 is 21.5 Å². The van der Waals surface area contributed by atoms with Crippen LogP contribution < -0.4 is 15.5 Å². The van der Waals surface area contributed by atoms with Crippen molar-refractivity contribution < 1.29 is 13.2 Å². The summed E-state index contributed by atoms with van der Waals surface area (Å²) in [5.41, 5.74) is 1.24. The van der Waals surface area contributed by atoms with E-state index in [9.17, 15) is 8.42 Å². The number of sulfone groups is 1. The second kappa shape index (κ2) is 12.5. The van der Waals surface area contributed by atoms with Gasteiger partial charge in [-0.2, -0.15) is 0 Å². The number of guanidine groups is 1. The molecule has 1 rings (SSSR count). The third-order valence-corrected chi connectivity index (χ3v) is 4.67. The van der Waals surface area contributed by atoms with E-state index in [1.807, 2.05) is 6.07 Å². The molecule has 0 radical (unpaired) electrons. The summed E-state index contributed by atoms with van der Waals surface area (Å²) in [7, 11) is -1.24. The lowest BCUT2D eigenvalue weighted by atomic mass is 10.2. The molecule has 0 amide bonds. The van der Waals surface area contributed by atoms with Crippen LogP contribution in [0.1, 0.15) is 13.3 Å². The molecule has 1 aromatic carbocycles.